The van der Waals surface area contributed by atoms with E-state index >= 15 is 0 Å². The molecule has 3 rings (SSSR count). The zero-order valence-electron chi connectivity index (χ0n) is 16.8. The first-order valence-corrected chi connectivity index (χ1v) is 9.39. The highest BCUT2D eigenvalue weighted by atomic mass is 19.4. The monoisotopic (exact) mass is 441 g/mol. The molecule has 0 spiro atoms. The molecule has 0 saturated heterocycles. The van der Waals surface area contributed by atoms with Gasteiger partial charge in [0.15, 0.2) is 0 Å². The number of carbonyl (C=O) groups is 3. The van der Waals surface area contributed by atoms with Crippen molar-refractivity contribution in [1.82, 2.24) is 0 Å². The molecule has 3 aromatic rings. The average molecular weight is 441 g/mol. The number of alkyl halides is 3. The SMILES string of the molecule is CC(=O)Nc1ccc(C(=O)Nc2cccc(C(=O)Nc3cccc(C(F)(F)F)c3)c2)cc1. The Hall–Kier alpha value is -4.14. The van der Waals surface area contributed by atoms with E-state index in [0.29, 0.717) is 16.9 Å². The van der Waals surface area contributed by atoms with Crippen molar-refractivity contribution in [2.24, 2.45) is 0 Å². The third-order valence-electron chi connectivity index (χ3n) is 4.30. The molecule has 3 aromatic carbocycles. The second kappa shape index (κ2) is 9.34. The van der Waals surface area contributed by atoms with Gasteiger partial charge in [0.1, 0.15) is 0 Å². The van der Waals surface area contributed by atoms with Gasteiger partial charge in [0.05, 0.1) is 5.56 Å². The van der Waals surface area contributed by atoms with Crippen LogP contribution in [0.15, 0.2) is 72.8 Å². The van der Waals surface area contributed by atoms with Crippen LogP contribution >= 0.6 is 0 Å². The summed E-state index contributed by atoms with van der Waals surface area (Å²) in [4.78, 5) is 36.0. The number of amides is 3. The van der Waals surface area contributed by atoms with Gasteiger partial charge in [-0.2, -0.15) is 13.2 Å². The van der Waals surface area contributed by atoms with Gasteiger partial charge in [-0.3, -0.25) is 14.4 Å². The highest BCUT2D eigenvalue weighted by Crippen LogP contribution is 2.30. The van der Waals surface area contributed by atoms with E-state index in [9.17, 15) is 27.6 Å². The molecule has 6 nitrogen and oxygen atoms in total. The molecule has 0 saturated carbocycles. The average Bonchev–Trinajstić information content (AvgIpc) is 2.73. The maximum Gasteiger partial charge on any atom is 0.416 e. The van der Waals surface area contributed by atoms with Crippen LogP contribution in [0.1, 0.15) is 33.2 Å². The molecule has 0 unspecified atom stereocenters. The van der Waals surface area contributed by atoms with Gasteiger partial charge in [-0.25, -0.2) is 0 Å². The number of rotatable bonds is 5. The summed E-state index contributed by atoms with van der Waals surface area (Å²) in [7, 11) is 0. The maximum atomic E-state index is 12.8. The number of nitrogens with one attached hydrogen (secondary N) is 3. The Kier molecular flexibility index (Phi) is 6.58. The minimum atomic E-state index is -4.52. The fraction of sp³-hybridized carbons (Fsp3) is 0.0870. The maximum absolute atomic E-state index is 12.8. The van der Waals surface area contributed by atoms with Gasteiger partial charge in [-0.05, 0) is 60.7 Å². The predicted molar refractivity (Wildman–Crippen MR) is 115 cm³/mol. The smallest absolute Gasteiger partial charge is 0.326 e. The number of hydrogen-bond acceptors (Lipinski definition) is 3. The molecule has 0 bridgehead atoms. The largest absolute Gasteiger partial charge is 0.416 e. The van der Waals surface area contributed by atoms with Crippen LogP contribution in [0.25, 0.3) is 0 Å². The van der Waals surface area contributed by atoms with E-state index in [2.05, 4.69) is 16.0 Å². The van der Waals surface area contributed by atoms with Crippen molar-refractivity contribution in [2.45, 2.75) is 13.1 Å². The van der Waals surface area contributed by atoms with Crippen LogP contribution in [0.5, 0.6) is 0 Å². The molecule has 164 valence electrons. The normalized spacial score (nSPS) is 10.9. The number of carbonyl (C=O) groups excluding carboxylic acids is 3. The highest BCUT2D eigenvalue weighted by molar-refractivity contribution is 6.07. The van der Waals surface area contributed by atoms with Gasteiger partial charge in [0.25, 0.3) is 11.8 Å². The van der Waals surface area contributed by atoms with E-state index in [0.717, 1.165) is 12.1 Å². The van der Waals surface area contributed by atoms with Crippen LogP contribution in [0.3, 0.4) is 0 Å². The zero-order valence-corrected chi connectivity index (χ0v) is 16.8. The van der Waals surface area contributed by atoms with Crippen LogP contribution < -0.4 is 16.0 Å². The highest BCUT2D eigenvalue weighted by Gasteiger charge is 2.30. The lowest BCUT2D eigenvalue weighted by Gasteiger charge is -2.11. The molecule has 0 aliphatic carbocycles. The van der Waals surface area contributed by atoms with Gasteiger partial charge in [-0.1, -0.05) is 12.1 Å². The Balaban J connectivity index is 1.69. The summed E-state index contributed by atoms with van der Waals surface area (Å²) < 4.78 is 38.5. The number of halogens is 3. The summed E-state index contributed by atoms with van der Waals surface area (Å²) in [5.41, 5.74) is 0.485. The van der Waals surface area contributed by atoms with Gasteiger partial charge in [-0.15, -0.1) is 0 Å². The zero-order chi connectivity index (χ0) is 23.3. The molecule has 0 aromatic heterocycles. The fourth-order valence-electron chi connectivity index (χ4n) is 2.83. The van der Waals surface area contributed by atoms with Gasteiger partial charge < -0.3 is 16.0 Å². The molecule has 9 heteroatoms. The standard InChI is InChI=1S/C23H18F3N3O3/c1-14(30)27-18-10-8-15(9-11-18)21(31)28-19-6-2-4-16(12-19)22(32)29-20-7-3-5-17(13-20)23(24,25)26/h2-13H,1H3,(H,27,30)(H,28,31)(H,29,32). The molecular weight excluding hydrogens is 423 g/mol. The van der Waals surface area contributed by atoms with Crippen molar-refractivity contribution in [2.75, 3.05) is 16.0 Å². The summed E-state index contributed by atoms with van der Waals surface area (Å²) in [6.07, 6.45) is -4.52. The van der Waals surface area contributed by atoms with Crippen LogP contribution in [-0.4, -0.2) is 17.7 Å². The van der Waals surface area contributed by atoms with Crippen molar-refractivity contribution in [3.05, 3.63) is 89.5 Å². The number of hydrogen-bond donors (Lipinski definition) is 3. The Labute approximate surface area is 181 Å². The first-order chi connectivity index (χ1) is 15.1. The molecule has 0 aliphatic rings. The second-order valence-electron chi connectivity index (χ2n) is 6.83. The summed E-state index contributed by atoms with van der Waals surface area (Å²) in [5, 5.41) is 7.66. The van der Waals surface area contributed by atoms with Crippen LogP contribution in [-0.2, 0) is 11.0 Å². The minimum Gasteiger partial charge on any atom is -0.326 e. The van der Waals surface area contributed by atoms with Crippen molar-refractivity contribution in [1.29, 1.82) is 0 Å². The molecule has 3 amide bonds. The van der Waals surface area contributed by atoms with Gasteiger partial charge >= 0.3 is 6.18 Å². The fourth-order valence-corrected chi connectivity index (χ4v) is 2.83. The third kappa shape index (κ3) is 5.94. The summed E-state index contributed by atoms with van der Waals surface area (Å²) in [6, 6.07) is 16.5. The van der Waals surface area contributed by atoms with Crippen molar-refractivity contribution >= 4 is 34.8 Å². The topological polar surface area (TPSA) is 87.3 Å². The van der Waals surface area contributed by atoms with E-state index in [1.54, 1.807) is 18.2 Å². The van der Waals surface area contributed by atoms with Crippen molar-refractivity contribution < 1.29 is 27.6 Å². The molecule has 0 fully saturated rings. The van der Waals surface area contributed by atoms with Crippen molar-refractivity contribution in [3.63, 3.8) is 0 Å². The molecule has 0 radical (unpaired) electrons. The molecular formula is C23H18F3N3O3. The van der Waals surface area contributed by atoms with E-state index < -0.39 is 23.6 Å². The Bertz CT molecular complexity index is 1160. The van der Waals surface area contributed by atoms with Crippen LogP contribution in [0.2, 0.25) is 0 Å². The van der Waals surface area contributed by atoms with E-state index in [-0.39, 0.29) is 17.2 Å². The number of benzene rings is 3. The lowest BCUT2D eigenvalue weighted by atomic mass is 10.1. The molecule has 0 atom stereocenters. The quantitative estimate of drug-likeness (QED) is 0.511. The van der Waals surface area contributed by atoms with Crippen LogP contribution in [0.4, 0.5) is 30.2 Å². The minimum absolute atomic E-state index is 0.00137. The second-order valence-corrected chi connectivity index (χ2v) is 6.83. The summed E-state index contributed by atoms with van der Waals surface area (Å²) in [5.74, 6) is -1.29. The van der Waals surface area contributed by atoms with Gasteiger partial charge in [0, 0.05) is 35.1 Å². The Morgan fingerprint density at radius 1 is 0.656 bits per heavy atom. The van der Waals surface area contributed by atoms with Crippen molar-refractivity contribution in [3.8, 4) is 0 Å². The lowest BCUT2D eigenvalue weighted by molar-refractivity contribution is -0.137. The summed E-state index contributed by atoms with van der Waals surface area (Å²) >= 11 is 0. The molecule has 0 aliphatic heterocycles. The lowest BCUT2D eigenvalue weighted by Crippen LogP contribution is -2.15. The number of anilines is 3. The van der Waals surface area contributed by atoms with E-state index in [4.69, 9.17) is 0 Å². The Morgan fingerprint density at radius 3 is 1.81 bits per heavy atom. The molecule has 3 N–H and O–H groups in total. The third-order valence-corrected chi connectivity index (χ3v) is 4.30. The predicted octanol–water partition coefficient (Wildman–Crippen LogP) is 5.17. The summed E-state index contributed by atoms with van der Waals surface area (Å²) in [6.45, 7) is 1.37. The Morgan fingerprint density at radius 2 is 1.22 bits per heavy atom. The van der Waals surface area contributed by atoms with E-state index in [1.165, 1.54) is 49.4 Å². The molecule has 32 heavy (non-hydrogen) atoms. The first kappa shape index (κ1) is 22.5. The van der Waals surface area contributed by atoms with E-state index in [1.807, 2.05) is 0 Å². The first-order valence-electron chi connectivity index (χ1n) is 9.39. The van der Waals surface area contributed by atoms with Crippen LogP contribution in [0, 0.1) is 0 Å². The molecule has 0 heterocycles. The van der Waals surface area contributed by atoms with Gasteiger partial charge in [0.2, 0.25) is 5.91 Å².